The maximum Gasteiger partial charge on any atom is 0.124 e. The van der Waals surface area contributed by atoms with Crippen molar-refractivity contribution in [2.75, 3.05) is 13.6 Å². The normalized spacial score (nSPS) is 17.5. The highest BCUT2D eigenvalue weighted by Gasteiger charge is 2.30. The summed E-state index contributed by atoms with van der Waals surface area (Å²) in [7, 11) is 1.95. The van der Waals surface area contributed by atoms with Crippen molar-refractivity contribution in [1.29, 1.82) is 0 Å². The van der Waals surface area contributed by atoms with Crippen molar-refractivity contribution in [3.8, 4) is 0 Å². The molecule has 1 aliphatic carbocycles. The number of hydrogen-bond acceptors (Lipinski definition) is 2. The fraction of sp³-hybridized carbons (Fsp3) is 0.538. The molecule has 0 radical (unpaired) electrons. The molecule has 0 aliphatic heterocycles. The van der Waals surface area contributed by atoms with Gasteiger partial charge in [0.2, 0.25) is 0 Å². The summed E-state index contributed by atoms with van der Waals surface area (Å²) >= 11 is 3.28. The first kappa shape index (κ1) is 13.0. The number of nitrogens with zero attached hydrogens (tertiary/aromatic N) is 1. The van der Waals surface area contributed by atoms with Crippen molar-refractivity contribution in [3.63, 3.8) is 0 Å². The van der Waals surface area contributed by atoms with E-state index in [1.807, 2.05) is 18.0 Å². The van der Waals surface area contributed by atoms with Crippen LogP contribution in [0.5, 0.6) is 0 Å². The number of rotatable bonds is 5. The standard InChI is InChI=1S/C13H17BrFNO/c1-16(8-13(17)10-2-3-10)7-9-4-11(14)6-12(15)5-9/h4-6,10,13,17H,2-3,7-8H2,1H3. The first-order valence-electron chi connectivity index (χ1n) is 5.86. The number of benzene rings is 1. The monoisotopic (exact) mass is 301 g/mol. The first-order valence-corrected chi connectivity index (χ1v) is 6.65. The van der Waals surface area contributed by atoms with Crippen molar-refractivity contribution >= 4 is 15.9 Å². The van der Waals surface area contributed by atoms with E-state index in [2.05, 4.69) is 15.9 Å². The van der Waals surface area contributed by atoms with E-state index in [9.17, 15) is 9.50 Å². The molecule has 0 heterocycles. The third-order valence-corrected chi connectivity index (χ3v) is 3.50. The van der Waals surface area contributed by atoms with E-state index >= 15 is 0 Å². The minimum Gasteiger partial charge on any atom is -0.392 e. The summed E-state index contributed by atoms with van der Waals surface area (Å²) in [4.78, 5) is 2.03. The van der Waals surface area contributed by atoms with Crippen LogP contribution in [-0.4, -0.2) is 29.7 Å². The highest BCUT2D eigenvalue weighted by molar-refractivity contribution is 9.10. The van der Waals surface area contributed by atoms with Gasteiger partial charge in [0.25, 0.3) is 0 Å². The fourth-order valence-electron chi connectivity index (χ4n) is 2.03. The lowest BCUT2D eigenvalue weighted by Crippen LogP contribution is -2.30. The molecule has 1 atom stereocenters. The Hall–Kier alpha value is -0.450. The van der Waals surface area contributed by atoms with Crippen LogP contribution in [0.2, 0.25) is 0 Å². The Balaban J connectivity index is 1.90. The molecule has 94 valence electrons. The number of likely N-dealkylation sites (N-methyl/N-ethyl adjacent to an activating group) is 1. The molecule has 2 nitrogen and oxygen atoms in total. The summed E-state index contributed by atoms with van der Waals surface area (Å²) in [5, 5.41) is 9.82. The second kappa shape index (κ2) is 5.46. The van der Waals surface area contributed by atoms with Crippen molar-refractivity contribution in [2.24, 2.45) is 5.92 Å². The smallest absolute Gasteiger partial charge is 0.124 e. The Morgan fingerprint density at radius 2 is 2.18 bits per heavy atom. The third-order valence-electron chi connectivity index (χ3n) is 3.04. The van der Waals surface area contributed by atoms with Crippen molar-refractivity contribution < 1.29 is 9.50 Å². The molecule has 0 saturated heterocycles. The largest absolute Gasteiger partial charge is 0.392 e. The maximum atomic E-state index is 13.2. The van der Waals surface area contributed by atoms with Crippen LogP contribution in [0.1, 0.15) is 18.4 Å². The number of aliphatic hydroxyl groups excluding tert-OH is 1. The molecule has 0 amide bonds. The average molecular weight is 302 g/mol. The van der Waals surface area contributed by atoms with Gasteiger partial charge < -0.3 is 5.11 Å². The molecule has 1 N–H and O–H groups in total. The Morgan fingerprint density at radius 1 is 1.47 bits per heavy atom. The maximum absolute atomic E-state index is 13.2. The van der Waals surface area contributed by atoms with Gasteiger partial charge in [-0.2, -0.15) is 0 Å². The molecule has 0 aromatic heterocycles. The molecular formula is C13H17BrFNO. The second-order valence-electron chi connectivity index (χ2n) is 4.88. The predicted octanol–water partition coefficient (Wildman–Crippen LogP) is 2.79. The molecule has 1 fully saturated rings. The predicted molar refractivity (Wildman–Crippen MR) is 69.2 cm³/mol. The van der Waals surface area contributed by atoms with Crippen LogP contribution in [0.15, 0.2) is 22.7 Å². The molecule has 0 spiro atoms. The number of aliphatic hydroxyl groups is 1. The van der Waals surface area contributed by atoms with Crippen LogP contribution >= 0.6 is 15.9 Å². The molecule has 17 heavy (non-hydrogen) atoms. The van der Waals surface area contributed by atoms with Crippen LogP contribution in [0.25, 0.3) is 0 Å². The van der Waals surface area contributed by atoms with Gasteiger partial charge in [-0.15, -0.1) is 0 Å². The quantitative estimate of drug-likeness (QED) is 0.904. The molecule has 1 aromatic carbocycles. The van der Waals surface area contributed by atoms with E-state index < -0.39 is 0 Å². The zero-order chi connectivity index (χ0) is 12.4. The second-order valence-corrected chi connectivity index (χ2v) is 5.79. The van der Waals surface area contributed by atoms with E-state index in [1.54, 1.807) is 0 Å². The molecule has 0 bridgehead atoms. The van der Waals surface area contributed by atoms with Crippen LogP contribution in [-0.2, 0) is 6.54 Å². The molecular weight excluding hydrogens is 285 g/mol. The lowest BCUT2D eigenvalue weighted by molar-refractivity contribution is 0.104. The molecule has 2 rings (SSSR count). The van der Waals surface area contributed by atoms with Gasteiger partial charge in [-0.3, -0.25) is 4.90 Å². The number of halogens is 2. The van der Waals surface area contributed by atoms with Gasteiger partial charge in [0, 0.05) is 17.6 Å². The minimum atomic E-state index is -0.239. The minimum absolute atomic E-state index is 0.231. The molecule has 1 aromatic rings. The van der Waals surface area contributed by atoms with E-state index in [1.165, 1.54) is 12.1 Å². The van der Waals surface area contributed by atoms with Crippen LogP contribution < -0.4 is 0 Å². The van der Waals surface area contributed by atoms with Gasteiger partial charge in [0.15, 0.2) is 0 Å². The van der Waals surface area contributed by atoms with Crippen molar-refractivity contribution in [1.82, 2.24) is 4.90 Å². The third kappa shape index (κ3) is 4.05. The summed E-state index contributed by atoms with van der Waals surface area (Å²) in [5.41, 5.74) is 0.919. The summed E-state index contributed by atoms with van der Waals surface area (Å²) in [5.74, 6) is 0.252. The Labute approximate surface area is 110 Å². The van der Waals surface area contributed by atoms with E-state index in [0.717, 1.165) is 22.9 Å². The average Bonchev–Trinajstić information content (AvgIpc) is 2.97. The van der Waals surface area contributed by atoms with Gasteiger partial charge in [0.05, 0.1) is 6.10 Å². The van der Waals surface area contributed by atoms with Crippen molar-refractivity contribution in [3.05, 3.63) is 34.1 Å². The lowest BCUT2D eigenvalue weighted by Gasteiger charge is -2.20. The summed E-state index contributed by atoms with van der Waals surface area (Å²) < 4.78 is 13.9. The van der Waals surface area contributed by atoms with Gasteiger partial charge in [-0.25, -0.2) is 4.39 Å². The lowest BCUT2D eigenvalue weighted by atomic mass is 10.2. The van der Waals surface area contributed by atoms with Gasteiger partial charge in [-0.05, 0) is 49.6 Å². The van der Waals surface area contributed by atoms with Crippen molar-refractivity contribution in [2.45, 2.75) is 25.5 Å². The molecule has 1 aliphatic rings. The summed E-state index contributed by atoms with van der Waals surface area (Å²) in [6.45, 7) is 1.30. The Morgan fingerprint density at radius 3 is 2.76 bits per heavy atom. The fourth-order valence-corrected chi connectivity index (χ4v) is 2.54. The van der Waals surface area contributed by atoms with E-state index in [4.69, 9.17) is 0 Å². The topological polar surface area (TPSA) is 23.5 Å². The number of hydrogen-bond donors (Lipinski definition) is 1. The Kier molecular flexibility index (Phi) is 4.17. The highest BCUT2D eigenvalue weighted by Crippen LogP contribution is 2.32. The van der Waals surface area contributed by atoms with Gasteiger partial charge >= 0.3 is 0 Å². The SMILES string of the molecule is CN(Cc1cc(F)cc(Br)c1)CC(O)C1CC1. The highest BCUT2D eigenvalue weighted by atomic mass is 79.9. The molecule has 1 unspecified atom stereocenters. The summed E-state index contributed by atoms with van der Waals surface area (Å²) in [6.07, 6.45) is 2.04. The van der Waals surface area contributed by atoms with Gasteiger partial charge in [-0.1, -0.05) is 15.9 Å². The zero-order valence-electron chi connectivity index (χ0n) is 9.87. The zero-order valence-corrected chi connectivity index (χ0v) is 11.5. The van der Waals surface area contributed by atoms with Crippen LogP contribution in [0.3, 0.4) is 0 Å². The molecule has 4 heteroatoms. The van der Waals surface area contributed by atoms with E-state index in [0.29, 0.717) is 19.0 Å². The summed E-state index contributed by atoms with van der Waals surface area (Å²) in [6, 6.07) is 4.89. The first-order chi connectivity index (χ1) is 8.04. The Bertz CT molecular complexity index is 375. The molecule has 1 saturated carbocycles. The van der Waals surface area contributed by atoms with Crippen LogP contribution in [0.4, 0.5) is 4.39 Å². The van der Waals surface area contributed by atoms with Crippen LogP contribution in [0, 0.1) is 11.7 Å². The van der Waals surface area contributed by atoms with E-state index in [-0.39, 0.29) is 11.9 Å². The van der Waals surface area contributed by atoms with Gasteiger partial charge in [0.1, 0.15) is 5.82 Å².